The van der Waals surface area contributed by atoms with Gasteiger partial charge in [0, 0.05) is 0 Å². The zero-order chi connectivity index (χ0) is 14.3. The molecular formula is C13H17N2O4. The average Bonchev–Trinajstić information content (AvgIpc) is 2.33. The number of amides is 2. The number of ether oxygens (including phenoxy) is 2. The second-order valence-electron chi connectivity index (χ2n) is 4.77. The number of rotatable bonds is 2. The Labute approximate surface area is 112 Å². The molecule has 0 aliphatic rings. The number of nitrogens with one attached hydrogen (secondary N) is 1. The van der Waals surface area contributed by atoms with Crippen LogP contribution in [0, 0.1) is 0 Å². The van der Waals surface area contributed by atoms with Crippen LogP contribution < -0.4 is 10.9 Å². The molecule has 0 heterocycles. The molecule has 0 saturated heterocycles. The first-order valence-corrected chi connectivity index (χ1v) is 5.77. The van der Waals surface area contributed by atoms with Crippen LogP contribution in [0.3, 0.4) is 0 Å². The molecule has 0 unspecified atom stereocenters. The van der Waals surface area contributed by atoms with Crippen molar-refractivity contribution in [2.24, 2.45) is 0 Å². The minimum absolute atomic E-state index is 0.0964. The van der Waals surface area contributed by atoms with E-state index in [1.807, 2.05) is 35.8 Å². The zero-order valence-electron chi connectivity index (χ0n) is 11.2. The Morgan fingerprint density at radius 2 is 1.84 bits per heavy atom. The van der Waals surface area contributed by atoms with Crippen LogP contribution in [-0.2, 0) is 16.1 Å². The van der Waals surface area contributed by atoms with Crippen molar-refractivity contribution < 1.29 is 19.1 Å². The van der Waals surface area contributed by atoms with Crippen LogP contribution in [0.5, 0.6) is 0 Å². The molecular weight excluding hydrogens is 248 g/mol. The minimum atomic E-state index is -0.880. The van der Waals surface area contributed by atoms with E-state index in [1.165, 1.54) is 0 Å². The lowest BCUT2D eigenvalue weighted by atomic mass is 10.2. The summed E-state index contributed by atoms with van der Waals surface area (Å²) in [5.41, 5.74) is 5.39. The number of nitrogens with zero attached hydrogens (tertiary/aromatic N) is 1. The smallest absolute Gasteiger partial charge is 0.443 e. The third kappa shape index (κ3) is 6.92. The predicted molar refractivity (Wildman–Crippen MR) is 68.1 cm³/mol. The molecule has 0 spiro atoms. The first-order chi connectivity index (χ1) is 8.87. The summed E-state index contributed by atoms with van der Waals surface area (Å²) in [5, 5.41) is 0. The summed E-state index contributed by atoms with van der Waals surface area (Å²) in [6.45, 7) is 5.22. The second kappa shape index (κ2) is 6.63. The van der Waals surface area contributed by atoms with Gasteiger partial charge in [-0.15, -0.1) is 0 Å². The molecule has 0 saturated carbocycles. The van der Waals surface area contributed by atoms with E-state index in [9.17, 15) is 9.59 Å². The normalized spacial score (nSPS) is 10.5. The van der Waals surface area contributed by atoms with Gasteiger partial charge in [-0.05, 0) is 26.3 Å². The highest BCUT2D eigenvalue weighted by Gasteiger charge is 2.17. The third-order valence-corrected chi connectivity index (χ3v) is 1.84. The van der Waals surface area contributed by atoms with Gasteiger partial charge in [0.1, 0.15) is 12.2 Å². The van der Waals surface area contributed by atoms with Gasteiger partial charge in [-0.25, -0.2) is 15.0 Å². The van der Waals surface area contributed by atoms with Crippen molar-refractivity contribution in [3.8, 4) is 0 Å². The highest BCUT2D eigenvalue weighted by Crippen LogP contribution is 2.06. The van der Waals surface area contributed by atoms with Crippen molar-refractivity contribution in [3.05, 3.63) is 35.9 Å². The summed E-state index contributed by atoms with van der Waals surface area (Å²) >= 11 is 0. The third-order valence-electron chi connectivity index (χ3n) is 1.84. The number of carbonyl (C=O) groups is 2. The fraction of sp³-hybridized carbons (Fsp3) is 0.385. The molecule has 0 fully saturated rings. The van der Waals surface area contributed by atoms with Gasteiger partial charge in [0.05, 0.1) is 0 Å². The Bertz CT molecular complexity index is 426. The standard InChI is InChI=1S/C13H17N2O4/c1-13(2,3)19-12(17)15-14-11(16)18-9-10-7-5-4-6-8-10/h4-8H,9H2,1-3H3,(H,15,17). The molecule has 1 radical (unpaired) electrons. The lowest BCUT2D eigenvalue weighted by molar-refractivity contribution is 0.0480. The van der Waals surface area contributed by atoms with Gasteiger partial charge in [0.2, 0.25) is 0 Å². The zero-order valence-corrected chi connectivity index (χ0v) is 11.2. The van der Waals surface area contributed by atoms with Gasteiger partial charge in [-0.3, -0.25) is 0 Å². The van der Waals surface area contributed by atoms with Gasteiger partial charge in [-0.1, -0.05) is 35.8 Å². The van der Waals surface area contributed by atoms with E-state index in [-0.39, 0.29) is 6.61 Å². The molecule has 6 heteroatoms. The van der Waals surface area contributed by atoms with E-state index in [0.717, 1.165) is 5.56 Å². The molecule has 2 amide bonds. The molecule has 0 aromatic heterocycles. The predicted octanol–water partition coefficient (Wildman–Crippen LogP) is 2.37. The highest BCUT2D eigenvalue weighted by molar-refractivity contribution is 5.73. The van der Waals surface area contributed by atoms with Crippen LogP contribution in [0.25, 0.3) is 0 Å². The quantitative estimate of drug-likeness (QED) is 0.832. The van der Waals surface area contributed by atoms with Crippen molar-refractivity contribution in [1.82, 2.24) is 10.9 Å². The van der Waals surface area contributed by atoms with Gasteiger partial charge in [-0.2, -0.15) is 0 Å². The second-order valence-corrected chi connectivity index (χ2v) is 4.77. The summed E-state index contributed by atoms with van der Waals surface area (Å²) in [6, 6.07) is 9.15. The van der Waals surface area contributed by atoms with E-state index in [2.05, 4.69) is 5.43 Å². The molecule has 0 aliphatic carbocycles. The maximum absolute atomic E-state index is 11.2. The molecule has 6 nitrogen and oxygen atoms in total. The Hall–Kier alpha value is -2.24. The van der Waals surface area contributed by atoms with E-state index >= 15 is 0 Å². The molecule has 1 aromatic rings. The minimum Gasteiger partial charge on any atom is -0.443 e. The van der Waals surface area contributed by atoms with Crippen LogP contribution in [0.15, 0.2) is 30.3 Å². The van der Waals surface area contributed by atoms with Crippen LogP contribution in [0.1, 0.15) is 26.3 Å². The molecule has 0 atom stereocenters. The van der Waals surface area contributed by atoms with E-state index in [1.54, 1.807) is 20.8 Å². The summed E-state index contributed by atoms with van der Waals surface area (Å²) in [5.74, 6) is 0. The molecule has 103 valence electrons. The van der Waals surface area contributed by atoms with E-state index in [0.29, 0.717) is 0 Å². The van der Waals surface area contributed by atoms with Crippen LogP contribution in [-0.4, -0.2) is 17.8 Å². The summed E-state index contributed by atoms with van der Waals surface area (Å²) < 4.78 is 9.73. The maximum atomic E-state index is 11.2. The van der Waals surface area contributed by atoms with Gasteiger partial charge in [0.15, 0.2) is 0 Å². The average molecular weight is 265 g/mol. The van der Waals surface area contributed by atoms with E-state index < -0.39 is 17.8 Å². The molecule has 0 bridgehead atoms. The van der Waals surface area contributed by atoms with Crippen molar-refractivity contribution >= 4 is 12.2 Å². The van der Waals surface area contributed by atoms with Crippen LogP contribution in [0.2, 0.25) is 0 Å². The van der Waals surface area contributed by atoms with Crippen molar-refractivity contribution in [2.45, 2.75) is 33.0 Å². The number of benzene rings is 1. The summed E-state index contributed by atoms with van der Waals surface area (Å²) in [7, 11) is 0. The van der Waals surface area contributed by atoms with Crippen molar-refractivity contribution in [2.75, 3.05) is 0 Å². The fourth-order valence-electron chi connectivity index (χ4n) is 1.14. The SMILES string of the molecule is CC(C)(C)OC(=O)N[N]C(=O)OCc1ccccc1. The topological polar surface area (TPSA) is 78.7 Å². The molecule has 1 N–H and O–H groups in total. The van der Waals surface area contributed by atoms with Gasteiger partial charge in [0.25, 0.3) is 0 Å². The Kier molecular flexibility index (Phi) is 5.17. The lowest BCUT2D eigenvalue weighted by Gasteiger charge is -2.18. The van der Waals surface area contributed by atoms with E-state index in [4.69, 9.17) is 9.47 Å². The monoisotopic (exact) mass is 265 g/mol. The maximum Gasteiger partial charge on any atom is 0.451 e. The summed E-state index contributed by atoms with van der Waals surface area (Å²) in [6.07, 6.45) is -1.68. The number of hydrogen-bond donors (Lipinski definition) is 1. The molecule has 1 rings (SSSR count). The van der Waals surface area contributed by atoms with Crippen LogP contribution in [0.4, 0.5) is 9.59 Å². The largest absolute Gasteiger partial charge is 0.451 e. The Balaban J connectivity index is 2.23. The Morgan fingerprint density at radius 3 is 2.42 bits per heavy atom. The Morgan fingerprint density at radius 1 is 1.21 bits per heavy atom. The lowest BCUT2D eigenvalue weighted by Crippen LogP contribution is -2.39. The van der Waals surface area contributed by atoms with Gasteiger partial charge >= 0.3 is 12.2 Å². The van der Waals surface area contributed by atoms with Crippen molar-refractivity contribution in [1.29, 1.82) is 0 Å². The number of carbonyl (C=O) groups excluding carboxylic acids is 2. The number of hydrogen-bond acceptors (Lipinski definition) is 4. The fourth-order valence-corrected chi connectivity index (χ4v) is 1.14. The molecule has 0 aliphatic heterocycles. The van der Waals surface area contributed by atoms with Gasteiger partial charge < -0.3 is 9.47 Å². The highest BCUT2D eigenvalue weighted by atomic mass is 16.6. The molecule has 19 heavy (non-hydrogen) atoms. The van der Waals surface area contributed by atoms with Crippen molar-refractivity contribution in [3.63, 3.8) is 0 Å². The molecule has 1 aromatic carbocycles. The van der Waals surface area contributed by atoms with Crippen LogP contribution >= 0.6 is 0 Å². The first kappa shape index (κ1) is 14.8. The summed E-state index contributed by atoms with van der Waals surface area (Å²) in [4.78, 5) is 22.4. The first-order valence-electron chi connectivity index (χ1n) is 5.77.